The van der Waals surface area contributed by atoms with Crippen LogP contribution in [0.3, 0.4) is 0 Å². The van der Waals surface area contributed by atoms with Gasteiger partial charge in [-0.15, -0.1) is 0 Å². The Hall–Kier alpha value is -0.860. The van der Waals surface area contributed by atoms with Gasteiger partial charge in [-0.3, -0.25) is 4.90 Å². The lowest BCUT2D eigenvalue weighted by molar-refractivity contribution is 0.0982. The van der Waals surface area contributed by atoms with Gasteiger partial charge in [0.05, 0.1) is 0 Å². The van der Waals surface area contributed by atoms with Crippen LogP contribution in [0.4, 0.5) is 0 Å². The topological polar surface area (TPSA) is 15.3 Å². The second-order valence-electron chi connectivity index (χ2n) is 6.87. The van der Waals surface area contributed by atoms with Crippen LogP contribution in [0.25, 0.3) is 0 Å². The first-order valence-corrected chi connectivity index (χ1v) is 8.63. The van der Waals surface area contributed by atoms with Gasteiger partial charge < -0.3 is 5.32 Å². The van der Waals surface area contributed by atoms with Crippen LogP contribution >= 0.6 is 0 Å². The Labute approximate surface area is 130 Å². The van der Waals surface area contributed by atoms with Crippen LogP contribution in [0.15, 0.2) is 24.3 Å². The van der Waals surface area contributed by atoms with Crippen LogP contribution < -0.4 is 5.32 Å². The second kappa shape index (κ2) is 7.95. The van der Waals surface area contributed by atoms with Crippen LogP contribution in [0.2, 0.25) is 0 Å². The van der Waals surface area contributed by atoms with Crippen molar-refractivity contribution >= 4 is 0 Å². The van der Waals surface area contributed by atoms with Crippen molar-refractivity contribution in [3.05, 3.63) is 35.4 Å². The number of nitrogens with one attached hydrogen (secondary N) is 1. The molecule has 0 amide bonds. The van der Waals surface area contributed by atoms with Crippen LogP contribution in [-0.4, -0.2) is 31.6 Å². The number of rotatable bonds is 6. The third kappa shape index (κ3) is 4.31. The van der Waals surface area contributed by atoms with Crippen molar-refractivity contribution in [2.45, 2.75) is 46.1 Å². The zero-order valence-corrected chi connectivity index (χ0v) is 14.2. The molecule has 1 fully saturated rings. The number of hydrogen-bond acceptors (Lipinski definition) is 2. The van der Waals surface area contributed by atoms with E-state index in [-0.39, 0.29) is 0 Å². The molecule has 1 aromatic carbocycles. The van der Waals surface area contributed by atoms with Crippen molar-refractivity contribution < 1.29 is 0 Å². The maximum Gasteiger partial charge on any atom is 0.0388 e. The monoisotopic (exact) mass is 288 g/mol. The van der Waals surface area contributed by atoms with Crippen molar-refractivity contribution in [3.8, 4) is 0 Å². The number of piperidine rings is 1. The van der Waals surface area contributed by atoms with Crippen LogP contribution in [-0.2, 0) is 6.42 Å². The normalized spacial score (nSPS) is 23.7. The molecule has 1 heterocycles. The van der Waals surface area contributed by atoms with E-state index in [4.69, 9.17) is 0 Å². The van der Waals surface area contributed by atoms with Crippen LogP contribution in [0.1, 0.15) is 50.8 Å². The molecule has 0 aliphatic carbocycles. The van der Waals surface area contributed by atoms with E-state index in [1.165, 1.54) is 36.9 Å². The summed E-state index contributed by atoms with van der Waals surface area (Å²) < 4.78 is 0. The van der Waals surface area contributed by atoms with Gasteiger partial charge in [0, 0.05) is 6.04 Å². The van der Waals surface area contributed by atoms with Crippen LogP contribution in [0, 0.1) is 11.8 Å². The molecule has 1 aliphatic heterocycles. The van der Waals surface area contributed by atoms with Crippen LogP contribution in [0.5, 0.6) is 0 Å². The number of benzene rings is 1. The van der Waals surface area contributed by atoms with Crippen molar-refractivity contribution in [3.63, 3.8) is 0 Å². The fourth-order valence-corrected chi connectivity index (χ4v) is 3.79. The van der Waals surface area contributed by atoms with Crippen molar-refractivity contribution in [1.29, 1.82) is 0 Å². The Bertz CT molecular complexity index is 408. The summed E-state index contributed by atoms with van der Waals surface area (Å²) in [5.41, 5.74) is 2.97. The molecule has 0 radical (unpaired) electrons. The lowest BCUT2D eigenvalue weighted by atomic mass is 9.84. The Kier molecular flexibility index (Phi) is 6.25. The predicted molar refractivity (Wildman–Crippen MR) is 91.6 cm³/mol. The summed E-state index contributed by atoms with van der Waals surface area (Å²) in [6.07, 6.45) is 3.86. The molecule has 0 saturated carbocycles. The van der Waals surface area contributed by atoms with Gasteiger partial charge in [-0.2, -0.15) is 0 Å². The third-order valence-corrected chi connectivity index (χ3v) is 4.70. The van der Waals surface area contributed by atoms with E-state index in [0.29, 0.717) is 6.04 Å². The lowest BCUT2D eigenvalue weighted by Gasteiger charge is -2.41. The molecule has 21 heavy (non-hydrogen) atoms. The van der Waals surface area contributed by atoms with E-state index in [0.717, 1.165) is 24.9 Å². The molecule has 2 atom stereocenters. The minimum atomic E-state index is 0.587. The SMILES string of the molecule is CCN1CCCC(CNC)C1c1ccc(CC(C)C)cc1. The summed E-state index contributed by atoms with van der Waals surface area (Å²) >= 11 is 0. The molecule has 1 saturated heterocycles. The minimum absolute atomic E-state index is 0.587. The van der Waals surface area contributed by atoms with Gasteiger partial charge in [0.15, 0.2) is 0 Å². The van der Waals surface area contributed by atoms with Gasteiger partial charge in [-0.1, -0.05) is 45.0 Å². The van der Waals surface area contributed by atoms with Gasteiger partial charge >= 0.3 is 0 Å². The fourth-order valence-electron chi connectivity index (χ4n) is 3.79. The van der Waals surface area contributed by atoms with Crippen molar-refractivity contribution in [2.75, 3.05) is 26.7 Å². The standard InChI is InChI=1S/C19H32N2/c1-5-21-12-6-7-18(14-20-4)19(21)17-10-8-16(9-11-17)13-15(2)3/h8-11,15,18-20H,5-7,12-14H2,1-4H3. The molecule has 1 aliphatic rings. The number of nitrogens with zero attached hydrogens (tertiary/aromatic N) is 1. The quantitative estimate of drug-likeness (QED) is 0.854. The van der Waals surface area contributed by atoms with E-state index in [1.807, 2.05) is 0 Å². The van der Waals surface area contributed by atoms with Gasteiger partial charge in [0.1, 0.15) is 0 Å². The third-order valence-electron chi connectivity index (χ3n) is 4.70. The highest BCUT2D eigenvalue weighted by Crippen LogP contribution is 2.35. The van der Waals surface area contributed by atoms with Gasteiger partial charge in [0.25, 0.3) is 0 Å². The molecule has 0 aromatic heterocycles. The first kappa shape index (κ1) is 16.5. The highest BCUT2D eigenvalue weighted by molar-refractivity contribution is 5.26. The lowest BCUT2D eigenvalue weighted by Crippen LogP contribution is -2.41. The summed E-state index contributed by atoms with van der Waals surface area (Å²) in [5, 5.41) is 3.39. The Morgan fingerprint density at radius 2 is 1.95 bits per heavy atom. The molecule has 0 bridgehead atoms. The zero-order valence-electron chi connectivity index (χ0n) is 14.2. The average Bonchev–Trinajstić information content (AvgIpc) is 2.48. The highest BCUT2D eigenvalue weighted by Gasteiger charge is 2.31. The molecule has 118 valence electrons. The summed E-state index contributed by atoms with van der Waals surface area (Å²) in [7, 11) is 2.08. The largest absolute Gasteiger partial charge is 0.319 e. The Morgan fingerprint density at radius 3 is 2.52 bits per heavy atom. The molecule has 2 rings (SSSR count). The molecular formula is C19H32N2. The molecule has 0 spiro atoms. The summed E-state index contributed by atoms with van der Waals surface area (Å²) in [6, 6.07) is 10.0. The number of hydrogen-bond donors (Lipinski definition) is 1. The first-order chi connectivity index (χ1) is 10.2. The Balaban J connectivity index is 2.17. The summed E-state index contributed by atoms with van der Waals surface area (Å²) in [5.74, 6) is 1.47. The van der Waals surface area contributed by atoms with Gasteiger partial charge in [-0.25, -0.2) is 0 Å². The van der Waals surface area contributed by atoms with E-state index >= 15 is 0 Å². The molecular weight excluding hydrogens is 256 g/mol. The van der Waals surface area contributed by atoms with Crippen molar-refractivity contribution in [2.24, 2.45) is 11.8 Å². The second-order valence-corrected chi connectivity index (χ2v) is 6.87. The predicted octanol–water partition coefficient (Wildman–Crippen LogP) is 3.88. The van der Waals surface area contributed by atoms with E-state index in [2.05, 4.69) is 62.3 Å². The Morgan fingerprint density at radius 1 is 1.24 bits per heavy atom. The number of likely N-dealkylation sites (tertiary alicyclic amines) is 1. The maximum absolute atomic E-state index is 3.39. The molecule has 2 nitrogen and oxygen atoms in total. The van der Waals surface area contributed by atoms with Gasteiger partial charge in [-0.05, 0) is 68.9 Å². The zero-order chi connectivity index (χ0) is 15.2. The van der Waals surface area contributed by atoms with Gasteiger partial charge in [0.2, 0.25) is 0 Å². The first-order valence-electron chi connectivity index (χ1n) is 8.63. The fraction of sp³-hybridized carbons (Fsp3) is 0.684. The van der Waals surface area contributed by atoms with Crippen molar-refractivity contribution in [1.82, 2.24) is 10.2 Å². The van der Waals surface area contributed by atoms with E-state index < -0.39 is 0 Å². The average molecular weight is 288 g/mol. The molecule has 2 heteroatoms. The molecule has 1 N–H and O–H groups in total. The minimum Gasteiger partial charge on any atom is -0.319 e. The maximum atomic E-state index is 3.39. The molecule has 1 aromatic rings. The highest BCUT2D eigenvalue weighted by atomic mass is 15.2. The summed E-state index contributed by atoms with van der Waals surface area (Å²) in [4.78, 5) is 2.66. The van der Waals surface area contributed by atoms with E-state index in [9.17, 15) is 0 Å². The molecule has 2 unspecified atom stereocenters. The smallest absolute Gasteiger partial charge is 0.0388 e. The summed E-state index contributed by atoms with van der Waals surface area (Å²) in [6.45, 7) is 10.4. The van der Waals surface area contributed by atoms with E-state index in [1.54, 1.807) is 0 Å².